The van der Waals surface area contributed by atoms with Gasteiger partial charge in [0.1, 0.15) is 23.8 Å². The summed E-state index contributed by atoms with van der Waals surface area (Å²) in [6, 6.07) is 8.13. The topological polar surface area (TPSA) is 78.3 Å². The van der Waals surface area contributed by atoms with E-state index in [1.54, 1.807) is 0 Å². The van der Waals surface area contributed by atoms with E-state index < -0.39 is 5.60 Å². The van der Waals surface area contributed by atoms with Crippen molar-refractivity contribution in [2.45, 2.75) is 77.5 Å². The Morgan fingerprint density at radius 2 is 1.93 bits per heavy atom. The minimum absolute atomic E-state index is 0.151. The molecule has 0 spiro atoms. The fourth-order valence-corrected chi connectivity index (χ4v) is 3.68. The van der Waals surface area contributed by atoms with Crippen molar-refractivity contribution < 1.29 is 14.3 Å². The van der Waals surface area contributed by atoms with E-state index in [9.17, 15) is 4.79 Å². The standard InChI is InChI=1S/C22H32N4O3/c1-15-7-6-8-18(13-15)28-14-19-24-25-20(26(19)5)16-9-11-17(12-10-16)23-21(27)29-22(2,3)4/h6-8,13,16-17H,9-12,14H2,1-5H3,(H,23,27). The van der Waals surface area contributed by atoms with E-state index >= 15 is 0 Å². The summed E-state index contributed by atoms with van der Waals surface area (Å²) in [5.41, 5.74) is 0.689. The maximum absolute atomic E-state index is 12.0. The maximum atomic E-state index is 12.0. The van der Waals surface area contributed by atoms with Crippen LogP contribution in [0.4, 0.5) is 4.79 Å². The van der Waals surface area contributed by atoms with E-state index in [0.717, 1.165) is 48.6 Å². The molecule has 29 heavy (non-hydrogen) atoms. The predicted molar refractivity (Wildman–Crippen MR) is 111 cm³/mol. The highest BCUT2D eigenvalue weighted by atomic mass is 16.6. The molecular formula is C22H32N4O3. The number of alkyl carbamates (subject to hydrolysis) is 1. The van der Waals surface area contributed by atoms with Crippen LogP contribution in [0.1, 0.15) is 69.6 Å². The van der Waals surface area contributed by atoms with Gasteiger partial charge in [0.05, 0.1) is 0 Å². The van der Waals surface area contributed by atoms with Crippen molar-refractivity contribution in [3.63, 3.8) is 0 Å². The average Bonchev–Trinajstić information content (AvgIpc) is 3.00. The number of aromatic nitrogens is 3. The van der Waals surface area contributed by atoms with Crippen molar-refractivity contribution in [3.05, 3.63) is 41.5 Å². The SMILES string of the molecule is Cc1cccc(OCc2nnc(C3CCC(NC(=O)OC(C)(C)C)CC3)n2C)c1. The Balaban J connectivity index is 1.52. The van der Waals surface area contributed by atoms with Crippen LogP contribution in [0.15, 0.2) is 24.3 Å². The van der Waals surface area contributed by atoms with Crippen LogP contribution in [0.5, 0.6) is 5.75 Å². The van der Waals surface area contributed by atoms with E-state index in [-0.39, 0.29) is 12.1 Å². The average molecular weight is 401 g/mol. The molecule has 1 N–H and O–H groups in total. The zero-order valence-electron chi connectivity index (χ0n) is 18.1. The van der Waals surface area contributed by atoms with Crippen molar-refractivity contribution >= 4 is 6.09 Å². The van der Waals surface area contributed by atoms with E-state index in [2.05, 4.69) is 15.5 Å². The number of carbonyl (C=O) groups is 1. The first kappa shape index (κ1) is 21.1. The number of nitrogens with one attached hydrogen (secondary N) is 1. The second-order valence-corrected chi connectivity index (χ2v) is 8.83. The zero-order valence-corrected chi connectivity index (χ0v) is 18.1. The lowest BCUT2D eigenvalue weighted by molar-refractivity contribution is 0.0491. The molecule has 0 bridgehead atoms. The van der Waals surface area contributed by atoms with Crippen LogP contribution in [0.25, 0.3) is 0 Å². The number of ether oxygens (including phenoxy) is 2. The monoisotopic (exact) mass is 400 g/mol. The van der Waals surface area contributed by atoms with Crippen LogP contribution in [0.2, 0.25) is 0 Å². The van der Waals surface area contributed by atoms with Crippen LogP contribution in [-0.4, -0.2) is 32.5 Å². The Morgan fingerprint density at radius 1 is 1.21 bits per heavy atom. The van der Waals surface area contributed by atoms with E-state index in [1.165, 1.54) is 0 Å². The smallest absolute Gasteiger partial charge is 0.407 e. The zero-order chi connectivity index (χ0) is 21.0. The molecule has 1 heterocycles. The Hall–Kier alpha value is -2.57. The first-order valence-electron chi connectivity index (χ1n) is 10.3. The summed E-state index contributed by atoms with van der Waals surface area (Å²) in [5.74, 6) is 2.99. The molecule has 7 heteroatoms. The number of benzene rings is 1. The molecule has 0 aliphatic heterocycles. The minimum Gasteiger partial charge on any atom is -0.486 e. The van der Waals surface area contributed by atoms with Gasteiger partial charge in [-0.1, -0.05) is 12.1 Å². The second-order valence-electron chi connectivity index (χ2n) is 8.83. The number of aryl methyl sites for hydroxylation is 1. The Bertz CT molecular complexity index is 833. The number of rotatable bonds is 5. The molecule has 1 amide bonds. The van der Waals surface area contributed by atoms with Gasteiger partial charge in [-0.05, 0) is 71.1 Å². The second kappa shape index (κ2) is 8.84. The van der Waals surface area contributed by atoms with Gasteiger partial charge in [-0.15, -0.1) is 10.2 Å². The molecular weight excluding hydrogens is 368 g/mol. The number of hydrogen-bond acceptors (Lipinski definition) is 5. The lowest BCUT2D eigenvalue weighted by Gasteiger charge is -2.29. The van der Waals surface area contributed by atoms with Crippen molar-refractivity contribution in [3.8, 4) is 5.75 Å². The van der Waals surface area contributed by atoms with Gasteiger partial charge in [-0.25, -0.2) is 4.79 Å². The van der Waals surface area contributed by atoms with Crippen molar-refractivity contribution in [2.24, 2.45) is 7.05 Å². The highest BCUT2D eigenvalue weighted by Crippen LogP contribution is 2.32. The Kier molecular flexibility index (Phi) is 6.45. The third-order valence-corrected chi connectivity index (χ3v) is 5.17. The summed E-state index contributed by atoms with van der Waals surface area (Å²) < 4.78 is 13.3. The number of nitrogens with zero attached hydrogens (tertiary/aromatic N) is 3. The molecule has 1 aliphatic carbocycles. The molecule has 7 nitrogen and oxygen atoms in total. The molecule has 0 radical (unpaired) electrons. The third-order valence-electron chi connectivity index (χ3n) is 5.17. The molecule has 1 saturated carbocycles. The highest BCUT2D eigenvalue weighted by molar-refractivity contribution is 5.68. The molecule has 1 aliphatic rings. The highest BCUT2D eigenvalue weighted by Gasteiger charge is 2.28. The fraction of sp³-hybridized carbons (Fsp3) is 0.591. The van der Waals surface area contributed by atoms with E-state index in [1.807, 2.05) is 63.6 Å². The van der Waals surface area contributed by atoms with Gasteiger partial charge in [0.15, 0.2) is 5.82 Å². The lowest BCUT2D eigenvalue weighted by atomic mass is 9.85. The van der Waals surface area contributed by atoms with Crippen LogP contribution in [0.3, 0.4) is 0 Å². The molecule has 1 aromatic heterocycles. The lowest BCUT2D eigenvalue weighted by Crippen LogP contribution is -2.40. The fourth-order valence-electron chi connectivity index (χ4n) is 3.68. The van der Waals surface area contributed by atoms with Gasteiger partial charge in [-0.3, -0.25) is 0 Å². The van der Waals surface area contributed by atoms with Gasteiger partial charge in [-0.2, -0.15) is 0 Å². The summed E-state index contributed by atoms with van der Waals surface area (Å²) in [6.45, 7) is 8.05. The van der Waals surface area contributed by atoms with Gasteiger partial charge >= 0.3 is 6.09 Å². The van der Waals surface area contributed by atoms with Crippen molar-refractivity contribution in [2.75, 3.05) is 0 Å². The van der Waals surface area contributed by atoms with Gasteiger partial charge < -0.3 is 19.4 Å². The summed E-state index contributed by atoms with van der Waals surface area (Å²) in [4.78, 5) is 12.0. The number of carbonyl (C=O) groups excluding carboxylic acids is 1. The Labute approximate surface area is 172 Å². The van der Waals surface area contributed by atoms with Gasteiger partial charge in [0, 0.05) is 19.0 Å². The van der Waals surface area contributed by atoms with Gasteiger partial charge in [0.2, 0.25) is 0 Å². The predicted octanol–water partition coefficient (Wildman–Crippen LogP) is 4.25. The summed E-state index contributed by atoms with van der Waals surface area (Å²) in [5, 5.41) is 11.7. The molecule has 0 atom stereocenters. The minimum atomic E-state index is -0.475. The summed E-state index contributed by atoms with van der Waals surface area (Å²) in [6.07, 6.45) is 3.41. The van der Waals surface area contributed by atoms with E-state index in [0.29, 0.717) is 12.5 Å². The van der Waals surface area contributed by atoms with Crippen LogP contribution in [-0.2, 0) is 18.4 Å². The molecule has 0 saturated heterocycles. The normalized spacial score (nSPS) is 19.6. The first-order chi connectivity index (χ1) is 13.7. The summed E-state index contributed by atoms with van der Waals surface area (Å²) >= 11 is 0. The quantitative estimate of drug-likeness (QED) is 0.812. The third kappa shape index (κ3) is 5.95. The molecule has 2 aromatic rings. The Morgan fingerprint density at radius 3 is 2.59 bits per heavy atom. The molecule has 3 rings (SSSR count). The number of hydrogen-bond donors (Lipinski definition) is 1. The maximum Gasteiger partial charge on any atom is 0.407 e. The molecule has 1 fully saturated rings. The van der Waals surface area contributed by atoms with Crippen molar-refractivity contribution in [1.29, 1.82) is 0 Å². The number of amides is 1. The molecule has 1 aromatic carbocycles. The van der Waals surface area contributed by atoms with Crippen LogP contribution < -0.4 is 10.1 Å². The molecule has 158 valence electrons. The van der Waals surface area contributed by atoms with E-state index in [4.69, 9.17) is 9.47 Å². The van der Waals surface area contributed by atoms with Crippen LogP contribution in [0, 0.1) is 6.92 Å². The summed E-state index contributed by atoms with van der Waals surface area (Å²) in [7, 11) is 2.00. The van der Waals surface area contributed by atoms with Crippen molar-refractivity contribution in [1.82, 2.24) is 20.1 Å². The first-order valence-corrected chi connectivity index (χ1v) is 10.3. The largest absolute Gasteiger partial charge is 0.486 e. The molecule has 0 unspecified atom stereocenters. The van der Waals surface area contributed by atoms with Gasteiger partial charge in [0.25, 0.3) is 0 Å². The van der Waals surface area contributed by atoms with Crippen LogP contribution >= 0.6 is 0 Å².